The number of furan rings is 1. The number of carboxylic acids is 1. The Balaban J connectivity index is 2.46. The van der Waals surface area contributed by atoms with Crippen LogP contribution in [0.4, 0.5) is 8.78 Å². The zero-order valence-electron chi connectivity index (χ0n) is 11.8. The van der Waals surface area contributed by atoms with E-state index in [0.29, 0.717) is 18.1 Å². The third kappa shape index (κ3) is 3.29. The highest BCUT2D eigenvalue weighted by Gasteiger charge is 2.23. The summed E-state index contributed by atoms with van der Waals surface area (Å²) in [6, 6.07) is 3.03. The molecule has 0 aliphatic carbocycles. The van der Waals surface area contributed by atoms with Gasteiger partial charge in [0.1, 0.15) is 23.0 Å². The van der Waals surface area contributed by atoms with Gasteiger partial charge in [0, 0.05) is 23.6 Å². The minimum Gasteiger partial charge on any atom is -0.478 e. The van der Waals surface area contributed by atoms with E-state index < -0.39 is 17.6 Å². The molecule has 0 amide bonds. The van der Waals surface area contributed by atoms with Gasteiger partial charge in [-0.2, -0.15) is 0 Å². The maximum Gasteiger partial charge on any atom is 0.339 e. The van der Waals surface area contributed by atoms with E-state index in [9.17, 15) is 18.7 Å². The molecule has 5 heteroatoms. The van der Waals surface area contributed by atoms with Gasteiger partial charge in [-0.05, 0) is 24.5 Å². The van der Waals surface area contributed by atoms with E-state index in [0.717, 1.165) is 18.6 Å². The third-order valence-corrected chi connectivity index (χ3v) is 3.25. The van der Waals surface area contributed by atoms with Crippen molar-refractivity contribution in [2.45, 2.75) is 26.7 Å². The van der Waals surface area contributed by atoms with Crippen molar-refractivity contribution in [3.05, 3.63) is 47.4 Å². The van der Waals surface area contributed by atoms with Crippen LogP contribution in [0.15, 0.2) is 28.9 Å². The van der Waals surface area contributed by atoms with Crippen molar-refractivity contribution in [1.29, 1.82) is 0 Å². The molecule has 21 heavy (non-hydrogen) atoms. The lowest BCUT2D eigenvalue weighted by molar-refractivity contribution is 0.0695. The maximum atomic E-state index is 13.8. The van der Waals surface area contributed by atoms with Crippen molar-refractivity contribution in [1.82, 2.24) is 0 Å². The summed E-state index contributed by atoms with van der Waals surface area (Å²) in [5.74, 6) is -2.00. The van der Waals surface area contributed by atoms with Crippen LogP contribution in [-0.4, -0.2) is 11.1 Å². The number of benzene rings is 1. The Labute approximate surface area is 121 Å². The normalized spacial score (nSPS) is 11.1. The molecule has 1 heterocycles. The summed E-state index contributed by atoms with van der Waals surface area (Å²) < 4.78 is 32.1. The second kappa shape index (κ2) is 6.08. The summed E-state index contributed by atoms with van der Waals surface area (Å²) in [7, 11) is 0. The fraction of sp³-hybridized carbons (Fsp3) is 0.312. The fourth-order valence-electron chi connectivity index (χ4n) is 2.14. The molecule has 112 valence electrons. The molecule has 1 N–H and O–H groups in total. The molecule has 0 saturated carbocycles. The molecule has 2 aromatic rings. The monoisotopic (exact) mass is 294 g/mol. The first-order valence-electron chi connectivity index (χ1n) is 6.69. The van der Waals surface area contributed by atoms with E-state index in [1.165, 1.54) is 12.3 Å². The number of aryl methyl sites for hydroxylation is 1. The largest absolute Gasteiger partial charge is 0.478 e. The standard InChI is InChI=1S/C16H16F2O3/c1-9(2)3-6-14-15(16(19)20)12(8-21-14)11-5-4-10(17)7-13(11)18/h4-5,7-9H,3,6H2,1-2H3,(H,19,20). The van der Waals surface area contributed by atoms with Gasteiger partial charge in [-0.3, -0.25) is 0 Å². The number of hydrogen-bond acceptors (Lipinski definition) is 2. The molecule has 2 rings (SSSR count). The predicted molar refractivity (Wildman–Crippen MR) is 74.2 cm³/mol. The Kier molecular flexibility index (Phi) is 4.40. The van der Waals surface area contributed by atoms with Crippen LogP contribution in [0, 0.1) is 17.6 Å². The lowest BCUT2D eigenvalue weighted by Crippen LogP contribution is -2.03. The van der Waals surface area contributed by atoms with Gasteiger partial charge >= 0.3 is 5.97 Å². The molecule has 0 aliphatic heterocycles. The van der Waals surface area contributed by atoms with Gasteiger partial charge in [0.15, 0.2) is 0 Å². The Morgan fingerprint density at radius 3 is 2.57 bits per heavy atom. The third-order valence-electron chi connectivity index (χ3n) is 3.25. The highest BCUT2D eigenvalue weighted by molar-refractivity contribution is 5.97. The summed E-state index contributed by atoms with van der Waals surface area (Å²) in [5, 5.41) is 9.35. The van der Waals surface area contributed by atoms with E-state index >= 15 is 0 Å². The minimum absolute atomic E-state index is 0.0216. The van der Waals surface area contributed by atoms with Crippen LogP contribution in [0.2, 0.25) is 0 Å². The average molecular weight is 294 g/mol. The number of carbonyl (C=O) groups is 1. The highest BCUT2D eigenvalue weighted by atomic mass is 19.1. The summed E-state index contributed by atoms with van der Waals surface area (Å²) in [4.78, 5) is 11.4. The first-order valence-corrected chi connectivity index (χ1v) is 6.69. The zero-order valence-corrected chi connectivity index (χ0v) is 11.8. The first kappa shape index (κ1) is 15.2. The topological polar surface area (TPSA) is 50.4 Å². The quantitative estimate of drug-likeness (QED) is 0.882. The molecule has 0 radical (unpaired) electrons. The fourth-order valence-corrected chi connectivity index (χ4v) is 2.14. The van der Waals surface area contributed by atoms with E-state index in [4.69, 9.17) is 4.42 Å². The molecule has 0 unspecified atom stereocenters. The molecule has 1 aromatic carbocycles. The van der Waals surface area contributed by atoms with Gasteiger partial charge in [0.2, 0.25) is 0 Å². The zero-order chi connectivity index (χ0) is 15.6. The lowest BCUT2D eigenvalue weighted by atomic mass is 9.99. The molecule has 0 aliphatic rings. The molecule has 1 aromatic heterocycles. The van der Waals surface area contributed by atoms with Gasteiger partial charge in [0.05, 0.1) is 6.26 Å². The summed E-state index contributed by atoms with van der Waals surface area (Å²) in [6.45, 7) is 4.04. The van der Waals surface area contributed by atoms with Crippen LogP contribution in [-0.2, 0) is 6.42 Å². The smallest absolute Gasteiger partial charge is 0.339 e. The van der Waals surface area contributed by atoms with Crippen LogP contribution in [0.3, 0.4) is 0 Å². The number of aromatic carboxylic acids is 1. The van der Waals surface area contributed by atoms with Crippen molar-refractivity contribution in [2.75, 3.05) is 0 Å². The van der Waals surface area contributed by atoms with Crippen LogP contribution in [0.1, 0.15) is 36.4 Å². The summed E-state index contributed by atoms with van der Waals surface area (Å²) in [6.07, 6.45) is 2.44. The first-order chi connectivity index (χ1) is 9.90. The number of halogens is 2. The Bertz CT molecular complexity index is 660. The molecule has 0 atom stereocenters. The molecule has 0 fully saturated rings. The van der Waals surface area contributed by atoms with E-state index in [2.05, 4.69) is 0 Å². The Morgan fingerprint density at radius 2 is 2.00 bits per heavy atom. The summed E-state index contributed by atoms with van der Waals surface area (Å²) in [5.41, 5.74) is 0.105. The van der Waals surface area contributed by atoms with Gasteiger partial charge in [-0.15, -0.1) is 0 Å². The van der Waals surface area contributed by atoms with Crippen molar-refractivity contribution in [3.63, 3.8) is 0 Å². The Morgan fingerprint density at radius 1 is 1.29 bits per heavy atom. The van der Waals surface area contributed by atoms with Crippen LogP contribution < -0.4 is 0 Å². The molecular weight excluding hydrogens is 278 g/mol. The van der Waals surface area contributed by atoms with E-state index in [1.54, 1.807) is 0 Å². The maximum absolute atomic E-state index is 13.8. The van der Waals surface area contributed by atoms with Crippen LogP contribution in [0.25, 0.3) is 11.1 Å². The highest BCUT2D eigenvalue weighted by Crippen LogP contribution is 2.31. The van der Waals surface area contributed by atoms with Crippen molar-refractivity contribution in [3.8, 4) is 11.1 Å². The van der Waals surface area contributed by atoms with Crippen molar-refractivity contribution < 1.29 is 23.1 Å². The van der Waals surface area contributed by atoms with Gasteiger partial charge in [0.25, 0.3) is 0 Å². The molecule has 0 spiro atoms. The second-order valence-electron chi connectivity index (χ2n) is 5.31. The summed E-state index contributed by atoms with van der Waals surface area (Å²) >= 11 is 0. The molecular formula is C16H16F2O3. The van der Waals surface area contributed by atoms with Crippen molar-refractivity contribution in [2.24, 2.45) is 5.92 Å². The lowest BCUT2D eigenvalue weighted by Gasteiger charge is -2.05. The molecule has 0 saturated heterocycles. The SMILES string of the molecule is CC(C)CCc1occ(-c2ccc(F)cc2F)c1C(=O)O. The minimum atomic E-state index is -1.18. The molecule has 0 bridgehead atoms. The number of rotatable bonds is 5. The van der Waals surface area contributed by atoms with Gasteiger partial charge in [-0.25, -0.2) is 13.6 Å². The Hall–Kier alpha value is -2.17. The number of carboxylic acid groups (broad SMARTS) is 1. The van der Waals surface area contributed by atoms with Gasteiger partial charge < -0.3 is 9.52 Å². The van der Waals surface area contributed by atoms with E-state index in [1.807, 2.05) is 13.8 Å². The molecule has 3 nitrogen and oxygen atoms in total. The van der Waals surface area contributed by atoms with Crippen LogP contribution >= 0.6 is 0 Å². The van der Waals surface area contributed by atoms with E-state index in [-0.39, 0.29) is 16.7 Å². The average Bonchev–Trinajstić information content (AvgIpc) is 2.80. The predicted octanol–water partition coefficient (Wildman–Crippen LogP) is 4.51. The second-order valence-corrected chi connectivity index (χ2v) is 5.31. The van der Waals surface area contributed by atoms with Crippen molar-refractivity contribution >= 4 is 5.97 Å². The van der Waals surface area contributed by atoms with Crippen LogP contribution in [0.5, 0.6) is 0 Å². The van der Waals surface area contributed by atoms with Gasteiger partial charge in [-0.1, -0.05) is 13.8 Å². The number of hydrogen-bond donors (Lipinski definition) is 1.